The number of hydrogen-bond acceptors (Lipinski definition) is 3. The minimum absolute atomic E-state index is 0.0781. The number of hydrogen-bond donors (Lipinski definition) is 2. The number of aryl methyl sites for hydroxylation is 1. The van der Waals surface area contributed by atoms with Crippen LogP contribution >= 0.6 is 0 Å². The Morgan fingerprint density at radius 1 is 1.35 bits per heavy atom. The van der Waals surface area contributed by atoms with Crippen LogP contribution in [0.2, 0.25) is 0 Å². The molecule has 0 amide bonds. The molecule has 0 saturated heterocycles. The number of imidazole rings is 1. The van der Waals surface area contributed by atoms with Gasteiger partial charge in [-0.3, -0.25) is 5.84 Å². The highest BCUT2D eigenvalue weighted by Gasteiger charge is 2.17. The Bertz CT molecular complexity index is 381. The molecule has 1 heterocycles. The molecule has 0 bridgehead atoms. The van der Waals surface area contributed by atoms with Crippen molar-refractivity contribution in [2.75, 3.05) is 0 Å². The van der Waals surface area contributed by atoms with Crippen molar-refractivity contribution in [3.05, 3.63) is 29.9 Å². The van der Waals surface area contributed by atoms with Gasteiger partial charge in [0.05, 0.1) is 18.1 Å². The zero-order valence-corrected chi connectivity index (χ0v) is 10.5. The van der Waals surface area contributed by atoms with E-state index in [0.717, 1.165) is 12.1 Å². The summed E-state index contributed by atoms with van der Waals surface area (Å²) in [6, 6.07) is 0.0781. The lowest BCUT2D eigenvalue weighted by atomic mass is 9.94. The summed E-state index contributed by atoms with van der Waals surface area (Å²) in [5, 5.41) is 0. The predicted octanol–water partition coefficient (Wildman–Crippen LogP) is 2.21. The average molecular weight is 234 g/mol. The van der Waals surface area contributed by atoms with Gasteiger partial charge in [-0.05, 0) is 31.3 Å². The minimum Gasteiger partial charge on any atom is -0.340 e. The molecule has 1 aliphatic carbocycles. The maximum atomic E-state index is 5.69. The van der Waals surface area contributed by atoms with Gasteiger partial charge < -0.3 is 4.57 Å². The molecule has 1 aromatic rings. The summed E-state index contributed by atoms with van der Waals surface area (Å²) in [7, 11) is 1.98. The van der Waals surface area contributed by atoms with Crippen LogP contribution in [-0.4, -0.2) is 9.55 Å². The highest BCUT2D eigenvalue weighted by Crippen LogP contribution is 2.27. The van der Waals surface area contributed by atoms with Crippen molar-refractivity contribution in [2.24, 2.45) is 12.9 Å². The Balaban J connectivity index is 2.16. The van der Waals surface area contributed by atoms with Crippen LogP contribution in [0.3, 0.4) is 0 Å². The Labute approximate surface area is 103 Å². The van der Waals surface area contributed by atoms with Crippen molar-refractivity contribution < 1.29 is 0 Å². The molecular weight excluding hydrogens is 212 g/mol. The standard InChI is InChI=1S/C13H22N4/c1-17-9-12(15-10-17)13(16-14)11-7-5-3-2-4-6-8-11/h7,9-10,13,16H,2-6,8,14H2,1H3. The smallest absolute Gasteiger partial charge is 0.0947 e. The molecule has 1 atom stereocenters. The normalized spacial score (nSPS) is 19.3. The van der Waals surface area contributed by atoms with Crippen LogP contribution in [0.15, 0.2) is 24.2 Å². The molecule has 94 valence electrons. The van der Waals surface area contributed by atoms with Gasteiger partial charge in [-0.25, -0.2) is 10.4 Å². The van der Waals surface area contributed by atoms with Gasteiger partial charge in [0.1, 0.15) is 0 Å². The van der Waals surface area contributed by atoms with Crippen molar-refractivity contribution in [3.8, 4) is 0 Å². The van der Waals surface area contributed by atoms with E-state index in [1.807, 2.05) is 24.1 Å². The average Bonchev–Trinajstić information content (AvgIpc) is 2.68. The third-order valence-electron chi connectivity index (χ3n) is 3.38. The summed E-state index contributed by atoms with van der Waals surface area (Å²) >= 11 is 0. The second-order valence-electron chi connectivity index (χ2n) is 4.80. The molecule has 4 heteroatoms. The molecule has 1 aromatic heterocycles. The molecule has 0 aromatic carbocycles. The van der Waals surface area contributed by atoms with Gasteiger partial charge in [-0.1, -0.05) is 18.9 Å². The van der Waals surface area contributed by atoms with E-state index in [1.165, 1.54) is 37.7 Å². The molecule has 2 rings (SSSR count). The topological polar surface area (TPSA) is 55.9 Å². The summed E-state index contributed by atoms with van der Waals surface area (Å²) in [4.78, 5) is 4.40. The monoisotopic (exact) mass is 234 g/mol. The van der Waals surface area contributed by atoms with Gasteiger partial charge in [0, 0.05) is 13.2 Å². The highest BCUT2D eigenvalue weighted by atomic mass is 15.2. The third-order valence-corrected chi connectivity index (χ3v) is 3.38. The van der Waals surface area contributed by atoms with Crippen molar-refractivity contribution in [2.45, 2.75) is 44.6 Å². The quantitative estimate of drug-likeness (QED) is 0.479. The summed E-state index contributed by atoms with van der Waals surface area (Å²) in [6.07, 6.45) is 13.7. The molecule has 1 unspecified atom stereocenters. The molecule has 3 N–H and O–H groups in total. The molecule has 0 fully saturated rings. The number of nitrogens with two attached hydrogens (primary N) is 1. The molecule has 17 heavy (non-hydrogen) atoms. The van der Waals surface area contributed by atoms with Gasteiger partial charge >= 0.3 is 0 Å². The predicted molar refractivity (Wildman–Crippen MR) is 69.1 cm³/mol. The van der Waals surface area contributed by atoms with E-state index >= 15 is 0 Å². The molecule has 1 aliphatic rings. The highest BCUT2D eigenvalue weighted by molar-refractivity contribution is 5.21. The zero-order valence-electron chi connectivity index (χ0n) is 10.5. The summed E-state index contributed by atoms with van der Waals surface area (Å²) in [5.74, 6) is 5.69. The van der Waals surface area contributed by atoms with Gasteiger partial charge in [0.15, 0.2) is 0 Å². The van der Waals surface area contributed by atoms with Gasteiger partial charge in [-0.2, -0.15) is 0 Å². The Morgan fingerprint density at radius 3 is 2.88 bits per heavy atom. The molecule has 0 spiro atoms. The van der Waals surface area contributed by atoms with E-state index in [0.29, 0.717) is 0 Å². The number of nitrogens with zero attached hydrogens (tertiary/aromatic N) is 2. The molecule has 0 radical (unpaired) electrons. The Hall–Kier alpha value is -1.13. The van der Waals surface area contributed by atoms with Crippen LogP contribution in [0.1, 0.15) is 50.3 Å². The fraction of sp³-hybridized carbons (Fsp3) is 0.615. The number of nitrogens with one attached hydrogen (secondary N) is 1. The first-order valence-corrected chi connectivity index (χ1v) is 6.44. The lowest BCUT2D eigenvalue weighted by Gasteiger charge is -2.19. The van der Waals surface area contributed by atoms with Crippen molar-refractivity contribution in [1.82, 2.24) is 15.0 Å². The van der Waals surface area contributed by atoms with Crippen molar-refractivity contribution >= 4 is 0 Å². The largest absolute Gasteiger partial charge is 0.340 e. The first kappa shape index (κ1) is 12.3. The second-order valence-corrected chi connectivity index (χ2v) is 4.80. The van der Waals surface area contributed by atoms with Crippen LogP contribution in [-0.2, 0) is 7.05 Å². The molecule has 0 saturated carbocycles. The fourth-order valence-corrected chi connectivity index (χ4v) is 2.44. The van der Waals surface area contributed by atoms with E-state index in [4.69, 9.17) is 5.84 Å². The third kappa shape index (κ3) is 3.17. The summed E-state index contributed by atoms with van der Waals surface area (Å²) < 4.78 is 1.96. The minimum atomic E-state index is 0.0781. The number of aromatic nitrogens is 2. The van der Waals surface area contributed by atoms with Gasteiger partial charge in [0.25, 0.3) is 0 Å². The van der Waals surface area contributed by atoms with Crippen LogP contribution in [0, 0.1) is 0 Å². The zero-order chi connectivity index (χ0) is 12.1. The van der Waals surface area contributed by atoms with Crippen LogP contribution in [0.4, 0.5) is 0 Å². The van der Waals surface area contributed by atoms with Gasteiger partial charge in [0.2, 0.25) is 0 Å². The van der Waals surface area contributed by atoms with Crippen LogP contribution in [0.5, 0.6) is 0 Å². The van der Waals surface area contributed by atoms with E-state index in [1.54, 1.807) is 0 Å². The van der Waals surface area contributed by atoms with E-state index in [2.05, 4.69) is 16.5 Å². The number of rotatable bonds is 3. The molecular formula is C13H22N4. The van der Waals surface area contributed by atoms with E-state index < -0.39 is 0 Å². The summed E-state index contributed by atoms with van der Waals surface area (Å²) in [6.45, 7) is 0. The maximum Gasteiger partial charge on any atom is 0.0947 e. The molecule has 4 nitrogen and oxygen atoms in total. The SMILES string of the molecule is Cn1cnc(C(NN)C2=CCCCCCC2)c1. The lowest BCUT2D eigenvalue weighted by molar-refractivity contribution is 0.548. The van der Waals surface area contributed by atoms with Gasteiger partial charge in [-0.15, -0.1) is 0 Å². The second kappa shape index (κ2) is 5.98. The molecule has 0 aliphatic heterocycles. The Kier molecular flexibility index (Phi) is 4.34. The van der Waals surface area contributed by atoms with Crippen LogP contribution in [0.25, 0.3) is 0 Å². The lowest BCUT2D eigenvalue weighted by Crippen LogP contribution is -2.30. The maximum absolute atomic E-state index is 5.69. The fourth-order valence-electron chi connectivity index (χ4n) is 2.44. The van der Waals surface area contributed by atoms with Crippen LogP contribution < -0.4 is 11.3 Å². The van der Waals surface area contributed by atoms with Crippen molar-refractivity contribution in [1.29, 1.82) is 0 Å². The first-order chi connectivity index (χ1) is 8.31. The van der Waals surface area contributed by atoms with Crippen molar-refractivity contribution in [3.63, 3.8) is 0 Å². The Morgan fingerprint density at radius 2 is 2.18 bits per heavy atom. The first-order valence-electron chi connectivity index (χ1n) is 6.44. The van der Waals surface area contributed by atoms with E-state index in [-0.39, 0.29) is 6.04 Å². The number of allylic oxidation sites excluding steroid dienone is 1. The summed E-state index contributed by atoms with van der Waals surface area (Å²) in [5.41, 5.74) is 5.32. The van der Waals surface area contributed by atoms with E-state index in [9.17, 15) is 0 Å². The number of hydrazine groups is 1.